The molecule has 1 heterocycles. The SMILES string of the molecule is Fc1ccc(Br)c(CNCCc2ccc(Br)s2)c1. The van der Waals surface area contributed by atoms with Crippen molar-refractivity contribution >= 4 is 43.2 Å². The standard InChI is InChI=1S/C13H12Br2FNS/c14-12-3-1-10(16)7-9(12)8-17-6-5-11-2-4-13(15)18-11/h1-4,7,17H,5-6,8H2. The van der Waals surface area contributed by atoms with Gasteiger partial charge in [0.05, 0.1) is 3.79 Å². The first kappa shape index (κ1) is 14.2. The van der Waals surface area contributed by atoms with Crippen LogP contribution in [0.2, 0.25) is 0 Å². The number of rotatable bonds is 5. The first-order valence-corrected chi connectivity index (χ1v) is 7.94. The van der Waals surface area contributed by atoms with E-state index in [2.05, 4.69) is 49.3 Å². The zero-order valence-electron chi connectivity index (χ0n) is 9.55. The van der Waals surface area contributed by atoms with Gasteiger partial charge in [-0.1, -0.05) is 15.9 Å². The van der Waals surface area contributed by atoms with Gasteiger partial charge < -0.3 is 5.32 Å². The van der Waals surface area contributed by atoms with Crippen molar-refractivity contribution < 1.29 is 4.39 Å². The van der Waals surface area contributed by atoms with Crippen molar-refractivity contribution in [3.8, 4) is 0 Å². The minimum Gasteiger partial charge on any atom is -0.312 e. The second-order valence-corrected chi connectivity index (χ2v) is 7.27. The fourth-order valence-corrected chi connectivity index (χ4v) is 3.47. The Morgan fingerprint density at radius 3 is 2.72 bits per heavy atom. The van der Waals surface area contributed by atoms with E-state index < -0.39 is 0 Å². The normalized spacial score (nSPS) is 10.8. The van der Waals surface area contributed by atoms with Crippen LogP contribution in [0, 0.1) is 5.82 Å². The summed E-state index contributed by atoms with van der Waals surface area (Å²) in [7, 11) is 0. The predicted molar refractivity (Wildman–Crippen MR) is 81.5 cm³/mol. The summed E-state index contributed by atoms with van der Waals surface area (Å²) in [5.74, 6) is -0.197. The molecule has 0 bridgehead atoms. The summed E-state index contributed by atoms with van der Waals surface area (Å²) in [5.41, 5.74) is 0.947. The van der Waals surface area contributed by atoms with Crippen LogP contribution in [0.1, 0.15) is 10.4 Å². The predicted octanol–water partition coefficient (Wildman–Crippen LogP) is 4.74. The van der Waals surface area contributed by atoms with Gasteiger partial charge in [-0.15, -0.1) is 11.3 Å². The van der Waals surface area contributed by atoms with Crippen LogP contribution >= 0.6 is 43.2 Å². The summed E-state index contributed by atoms with van der Waals surface area (Å²) in [4.78, 5) is 1.34. The highest BCUT2D eigenvalue weighted by Crippen LogP contribution is 2.22. The summed E-state index contributed by atoms with van der Waals surface area (Å²) < 4.78 is 15.2. The Kier molecular flexibility index (Phi) is 5.36. The molecule has 0 unspecified atom stereocenters. The quantitative estimate of drug-likeness (QED) is 0.724. The number of halogens is 3. The average Bonchev–Trinajstić information content (AvgIpc) is 2.75. The largest absolute Gasteiger partial charge is 0.312 e. The van der Waals surface area contributed by atoms with Gasteiger partial charge >= 0.3 is 0 Å². The van der Waals surface area contributed by atoms with Gasteiger partial charge in [0, 0.05) is 22.4 Å². The second kappa shape index (κ2) is 6.80. The van der Waals surface area contributed by atoms with E-state index in [1.165, 1.54) is 10.9 Å². The van der Waals surface area contributed by atoms with Crippen molar-refractivity contribution in [2.75, 3.05) is 6.54 Å². The lowest BCUT2D eigenvalue weighted by Crippen LogP contribution is -2.16. The van der Waals surface area contributed by atoms with E-state index in [0.717, 1.165) is 26.8 Å². The molecule has 1 N–H and O–H groups in total. The van der Waals surface area contributed by atoms with Crippen LogP contribution in [0.3, 0.4) is 0 Å². The van der Waals surface area contributed by atoms with Gasteiger partial charge in [-0.2, -0.15) is 0 Å². The highest BCUT2D eigenvalue weighted by Gasteiger charge is 2.02. The van der Waals surface area contributed by atoms with E-state index in [-0.39, 0.29) is 5.82 Å². The van der Waals surface area contributed by atoms with Crippen molar-refractivity contribution in [3.05, 3.63) is 54.8 Å². The number of hydrogen-bond donors (Lipinski definition) is 1. The Labute approximate surface area is 127 Å². The van der Waals surface area contributed by atoms with E-state index in [1.807, 2.05) is 0 Å². The van der Waals surface area contributed by atoms with Gasteiger partial charge in [0.15, 0.2) is 0 Å². The molecule has 2 aromatic rings. The molecule has 0 spiro atoms. The molecule has 0 aliphatic carbocycles. The second-order valence-electron chi connectivity index (χ2n) is 3.87. The summed E-state index contributed by atoms with van der Waals surface area (Å²) in [6, 6.07) is 8.93. The maximum Gasteiger partial charge on any atom is 0.123 e. The van der Waals surface area contributed by atoms with E-state index in [9.17, 15) is 4.39 Å². The van der Waals surface area contributed by atoms with Gasteiger partial charge in [-0.25, -0.2) is 4.39 Å². The number of thiophene rings is 1. The molecule has 1 nitrogen and oxygen atoms in total. The molecule has 0 saturated carbocycles. The Morgan fingerprint density at radius 2 is 2.00 bits per heavy atom. The van der Waals surface area contributed by atoms with E-state index in [4.69, 9.17) is 0 Å². The third-order valence-corrected chi connectivity index (χ3v) is 4.96. The fraction of sp³-hybridized carbons (Fsp3) is 0.231. The highest BCUT2D eigenvalue weighted by atomic mass is 79.9. The van der Waals surface area contributed by atoms with Crippen LogP contribution in [-0.2, 0) is 13.0 Å². The molecular formula is C13H12Br2FNS. The van der Waals surface area contributed by atoms with Crippen molar-refractivity contribution in [2.45, 2.75) is 13.0 Å². The molecule has 0 amide bonds. The molecule has 1 aromatic heterocycles. The highest BCUT2D eigenvalue weighted by molar-refractivity contribution is 9.11. The smallest absolute Gasteiger partial charge is 0.123 e. The summed E-state index contributed by atoms with van der Waals surface area (Å²) in [6.45, 7) is 1.56. The van der Waals surface area contributed by atoms with Crippen LogP contribution in [0.4, 0.5) is 4.39 Å². The molecule has 96 valence electrons. The van der Waals surface area contributed by atoms with Crippen LogP contribution in [0.25, 0.3) is 0 Å². The molecule has 0 fully saturated rings. The number of benzene rings is 1. The minimum absolute atomic E-state index is 0.197. The van der Waals surface area contributed by atoms with Gasteiger partial charge in [-0.05, 0) is 58.2 Å². The monoisotopic (exact) mass is 391 g/mol. The van der Waals surface area contributed by atoms with Crippen LogP contribution in [-0.4, -0.2) is 6.54 Å². The average molecular weight is 393 g/mol. The van der Waals surface area contributed by atoms with Gasteiger partial charge in [0.25, 0.3) is 0 Å². The Morgan fingerprint density at radius 1 is 1.17 bits per heavy atom. The lowest BCUT2D eigenvalue weighted by Gasteiger charge is -2.06. The van der Waals surface area contributed by atoms with Gasteiger partial charge in [0.1, 0.15) is 5.82 Å². The molecule has 1 aromatic carbocycles. The summed E-state index contributed by atoms with van der Waals surface area (Å²) >= 11 is 8.61. The Bertz CT molecular complexity index is 527. The Balaban J connectivity index is 1.80. The molecule has 0 aliphatic rings. The van der Waals surface area contributed by atoms with Crippen LogP contribution in [0.15, 0.2) is 38.6 Å². The molecular weight excluding hydrogens is 381 g/mol. The maximum atomic E-state index is 13.1. The first-order chi connectivity index (χ1) is 8.65. The van der Waals surface area contributed by atoms with Crippen molar-refractivity contribution in [1.29, 1.82) is 0 Å². The van der Waals surface area contributed by atoms with Crippen molar-refractivity contribution in [2.24, 2.45) is 0 Å². The van der Waals surface area contributed by atoms with E-state index in [1.54, 1.807) is 23.5 Å². The zero-order valence-corrected chi connectivity index (χ0v) is 13.5. The lowest BCUT2D eigenvalue weighted by molar-refractivity contribution is 0.619. The zero-order chi connectivity index (χ0) is 13.0. The molecule has 0 saturated heterocycles. The summed E-state index contributed by atoms with van der Waals surface area (Å²) in [6.07, 6.45) is 0.989. The fourth-order valence-electron chi connectivity index (χ4n) is 1.60. The number of hydrogen-bond acceptors (Lipinski definition) is 2. The maximum absolute atomic E-state index is 13.1. The Hall–Kier alpha value is -0.230. The first-order valence-electron chi connectivity index (χ1n) is 5.54. The third-order valence-electron chi connectivity index (χ3n) is 2.50. The minimum atomic E-state index is -0.197. The lowest BCUT2D eigenvalue weighted by atomic mass is 10.2. The van der Waals surface area contributed by atoms with Crippen LogP contribution in [0.5, 0.6) is 0 Å². The van der Waals surface area contributed by atoms with E-state index in [0.29, 0.717) is 6.54 Å². The third kappa shape index (κ3) is 4.16. The molecule has 0 atom stereocenters. The van der Waals surface area contributed by atoms with Crippen molar-refractivity contribution in [3.63, 3.8) is 0 Å². The molecule has 0 aliphatic heterocycles. The molecule has 2 rings (SSSR count). The molecule has 5 heteroatoms. The van der Waals surface area contributed by atoms with Gasteiger partial charge in [-0.3, -0.25) is 0 Å². The van der Waals surface area contributed by atoms with Crippen LogP contribution < -0.4 is 5.32 Å². The summed E-state index contributed by atoms with van der Waals surface area (Å²) in [5, 5.41) is 3.32. The number of nitrogens with one attached hydrogen (secondary N) is 1. The van der Waals surface area contributed by atoms with E-state index >= 15 is 0 Å². The molecule has 18 heavy (non-hydrogen) atoms. The topological polar surface area (TPSA) is 12.0 Å². The van der Waals surface area contributed by atoms with Gasteiger partial charge in [0.2, 0.25) is 0 Å². The van der Waals surface area contributed by atoms with Crippen molar-refractivity contribution in [1.82, 2.24) is 5.32 Å². The molecule has 0 radical (unpaired) electrons.